The molecule has 8 heteroatoms. The van der Waals surface area contributed by atoms with Crippen molar-refractivity contribution in [2.24, 2.45) is 16.9 Å². The fourth-order valence-corrected chi connectivity index (χ4v) is 0.427. The number of carboxylic acids is 1. The molecule has 0 rings (SSSR count). The number of aliphatic carboxylic acids is 1. The van der Waals surface area contributed by atoms with E-state index in [2.05, 4.69) is 0 Å². The molecule has 0 radical (unpaired) electrons. The lowest BCUT2D eigenvalue weighted by atomic mass is 9.87. The summed E-state index contributed by atoms with van der Waals surface area (Å²) in [4.78, 5) is 19.3. The molecule has 0 aromatic heterocycles. The van der Waals surface area contributed by atoms with Crippen molar-refractivity contribution in [1.29, 1.82) is 0 Å². The summed E-state index contributed by atoms with van der Waals surface area (Å²) >= 11 is 0. The molecule has 0 heterocycles. The van der Waals surface area contributed by atoms with Crippen LogP contribution < -0.4 is 11.5 Å². The highest BCUT2D eigenvalue weighted by atomic mass is 19.4. The van der Waals surface area contributed by atoms with Gasteiger partial charge in [-0.25, -0.2) is 4.79 Å². The van der Waals surface area contributed by atoms with Crippen molar-refractivity contribution in [2.75, 3.05) is 0 Å². The smallest absolute Gasteiger partial charge is 0.475 e. The molecule has 0 aromatic rings. The zero-order chi connectivity index (χ0) is 13.7. The van der Waals surface area contributed by atoms with Crippen LogP contribution in [0.2, 0.25) is 0 Å². The Balaban J connectivity index is 0. The highest BCUT2D eigenvalue weighted by Crippen LogP contribution is 2.16. The first kappa shape index (κ1) is 17.1. The van der Waals surface area contributed by atoms with E-state index in [1.807, 2.05) is 20.8 Å². The molecule has 0 aromatic carbocycles. The summed E-state index contributed by atoms with van der Waals surface area (Å²) in [5.74, 6) is -3.20. The van der Waals surface area contributed by atoms with Crippen molar-refractivity contribution in [2.45, 2.75) is 33.0 Å². The molecule has 1 atom stereocenters. The second kappa shape index (κ2) is 5.69. The quantitative estimate of drug-likeness (QED) is 0.623. The van der Waals surface area contributed by atoms with Gasteiger partial charge in [-0.15, -0.1) is 0 Å². The Morgan fingerprint density at radius 1 is 1.19 bits per heavy atom. The summed E-state index contributed by atoms with van der Waals surface area (Å²) in [5, 5.41) is 7.12. The van der Waals surface area contributed by atoms with E-state index in [4.69, 9.17) is 21.4 Å². The van der Waals surface area contributed by atoms with Gasteiger partial charge in [-0.2, -0.15) is 13.2 Å². The molecule has 0 spiro atoms. The minimum Gasteiger partial charge on any atom is -0.475 e. The predicted octanol–water partition coefficient (Wildman–Crippen LogP) is 0.478. The van der Waals surface area contributed by atoms with Gasteiger partial charge in [0.05, 0.1) is 6.04 Å². The average Bonchev–Trinajstić information content (AvgIpc) is 2.00. The number of carbonyl (C=O) groups excluding carboxylic acids is 1. The van der Waals surface area contributed by atoms with Gasteiger partial charge < -0.3 is 16.6 Å². The minimum atomic E-state index is -5.08. The molecular formula is C8H15F3N2O3. The van der Waals surface area contributed by atoms with Crippen molar-refractivity contribution < 1.29 is 27.9 Å². The van der Waals surface area contributed by atoms with Gasteiger partial charge in [-0.1, -0.05) is 20.8 Å². The standard InChI is InChI=1S/C6H14N2O.C2HF3O2/c1-6(2,3)4(7)5(8)9;3-2(4,5)1(6)7/h4H,7H2,1-3H3,(H2,8,9);(H,6,7). The average molecular weight is 244 g/mol. The van der Waals surface area contributed by atoms with Crippen LogP contribution in [0.15, 0.2) is 0 Å². The van der Waals surface area contributed by atoms with Gasteiger partial charge in [-0.3, -0.25) is 4.79 Å². The first-order chi connectivity index (χ1) is 6.80. The molecule has 1 unspecified atom stereocenters. The normalized spacial score (nSPS) is 13.4. The van der Waals surface area contributed by atoms with Crippen LogP contribution in [0.1, 0.15) is 20.8 Å². The van der Waals surface area contributed by atoms with Crippen LogP contribution in [0, 0.1) is 5.41 Å². The van der Waals surface area contributed by atoms with Crippen LogP contribution in [0.4, 0.5) is 13.2 Å². The first-order valence-electron chi connectivity index (χ1n) is 4.15. The third kappa shape index (κ3) is 8.04. The zero-order valence-corrected chi connectivity index (χ0v) is 9.13. The Morgan fingerprint density at radius 3 is 1.44 bits per heavy atom. The monoisotopic (exact) mass is 244 g/mol. The highest BCUT2D eigenvalue weighted by molar-refractivity contribution is 5.80. The molecule has 96 valence electrons. The molecule has 0 saturated heterocycles. The summed E-state index contributed by atoms with van der Waals surface area (Å²) < 4.78 is 31.7. The van der Waals surface area contributed by atoms with Gasteiger partial charge in [0.2, 0.25) is 5.91 Å². The maximum Gasteiger partial charge on any atom is 0.490 e. The lowest BCUT2D eigenvalue weighted by molar-refractivity contribution is -0.192. The fourth-order valence-electron chi connectivity index (χ4n) is 0.427. The molecule has 0 aliphatic rings. The minimum absolute atomic E-state index is 0.216. The SMILES string of the molecule is CC(C)(C)C(N)C(N)=O.O=C(O)C(F)(F)F. The second-order valence-electron chi connectivity index (χ2n) is 4.05. The predicted molar refractivity (Wildman–Crippen MR) is 50.3 cm³/mol. The first-order valence-corrected chi connectivity index (χ1v) is 4.15. The second-order valence-corrected chi connectivity index (χ2v) is 4.05. The van der Waals surface area contributed by atoms with Crippen LogP contribution in [0.25, 0.3) is 0 Å². The van der Waals surface area contributed by atoms with Crippen molar-refractivity contribution >= 4 is 11.9 Å². The summed E-state index contributed by atoms with van der Waals surface area (Å²) in [6, 6.07) is -0.544. The van der Waals surface area contributed by atoms with E-state index in [0.29, 0.717) is 0 Å². The number of alkyl halides is 3. The van der Waals surface area contributed by atoms with Gasteiger partial charge in [-0.05, 0) is 5.41 Å². The summed E-state index contributed by atoms with van der Waals surface area (Å²) in [6.45, 7) is 5.63. The van der Waals surface area contributed by atoms with Gasteiger partial charge in [0.25, 0.3) is 0 Å². The molecule has 0 fully saturated rings. The fraction of sp³-hybridized carbons (Fsp3) is 0.750. The largest absolute Gasteiger partial charge is 0.490 e. The highest BCUT2D eigenvalue weighted by Gasteiger charge is 2.38. The van der Waals surface area contributed by atoms with E-state index < -0.39 is 24.1 Å². The van der Waals surface area contributed by atoms with Crippen molar-refractivity contribution in [3.05, 3.63) is 0 Å². The summed E-state index contributed by atoms with van der Waals surface area (Å²) in [5.41, 5.74) is 10.2. The number of primary amides is 1. The third-order valence-electron chi connectivity index (χ3n) is 1.48. The molecule has 0 aliphatic heterocycles. The van der Waals surface area contributed by atoms with E-state index in [9.17, 15) is 18.0 Å². The van der Waals surface area contributed by atoms with Gasteiger partial charge in [0.15, 0.2) is 0 Å². The molecule has 0 aliphatic carbocycles. The van der Waals surface area contributed by atoms with Crippen molar-refractivity contribution in [3.8, 4) is 0 Å². The number of hydrogen-bond acceptors (Lipinski definition) is 3. The molecule has 0 saturated carbocycles. The molecule has 5 nitrogen and oxygen atoms in total. The molecular weight excluding hydrogens is 229 g/mol. The van der Waals surface area contributed by atoms with E-state index in [-0.39, 0.29) is 5.41 Å². The number of carboxylic acid groups (broad SMARTS) is 1. The zero-order valence-electron chi connectivity index (χ0n) is 9.13. The Bertz CT molecular complexity index is 258. The number of rotatable bonds is 1. The van der Waals surface area contributed by atoms with Crippen LogP contribution in [0.3, 0.4) is 0 Å². The lowest BCUT2D eigenvalue weighted by Crippen LogP contribution is -2.46. The Kier molecular flexibility index (Phi) is 6.08. The number of nitrogens with two attached hydrogens (primary N) is 2. The van der Waals surface area contributed by atoms with Crippen molar-refractivity contribution in [1.82, 2.24) is 0 Å². The maximum absolute atomic E-state index is 10.6. The topological polar surface area (TPSA) is 106 Å². The number of carbonyl (C=O) groups is 2. The number of hydrogen-bond donors (Lipinski definition) is 3. The molecule has 1 amide bonds. The van der Waals surface area contributed by atoms with Crippen LogP contribution in [-0.4, -0.2) is 29.2 Å². The summed E-state index contributed by atoms with van der Waals surface area (Å²) in [7, 11) is 0. The van der Waals surface area contributed by atoms with Gasteiger partial charge >= 0.3 is 12.1 Å². The molecule has 0 bridgehead atoms. The number of amides is 1. The Hall–Kier alpha value is -1.31. The van der Waals surface area contributed by atoms with Gasteiger partial charge in [0, 0.05) is 0 Å². The summed E-state index contributed by atoms with van der Waals surface area (Å²) in [6.07, 6.45) is -5.08. The molecule has 5 N–H and O–H groups in total. The van der Waals surface area contributed by atoms with E-state index in [1.165, 1.54) is 0 Å². The maximum atomic E-state index is 10.6. The van der Waals surface area contributed by atoms with E-state index in [1.54, 1.807) is 0 Å². The van der Waals surface area contributed by atoms with Crippen LogP contribution in [0.5, 0.6) is 0 Å². The van der Waals surface area contributed by atoms with Crippen molar-refractivity contribution in [3.63, 3.8) is 0 Å². The third-order valence-corrected chi connectivity index (χ3v) is 1.48. The Labute approximate surface area is 90.6 Å². The van der Waals surface area contributed by atoms with E-state index >= 15 is 0 Å². The van der Waals surface area contributed by atoms with Gasteiger partial charge in [0.1, 0.15) is 0 Å². The molecule has 16 heavy (non-hydrogen) atoms. The van der Waals surface area contributed by atoms with Crippen LogP contribution in [-0.2, 0) is 9.59 Å². The Morgan fingerprint density at radius 2 is 1.44 bits per heavy atom. The number of halogens is 3. The van der Waals surface area contributed by atoms with Crippen LogP contribution >= 0.6 is 0 Å². The lowest BCUT2D eigenvalue weighted by Gasteiger charge is -2.23. The van der Waals surface area contributed by atoms with E-state index in [0.717, 1.165) is 0 Å².